The Hall–Kier alpha value is -2.01. The molecule has 1 aromatic carbocycles. The van der Waals surface area contributed by atoms with Crippen LogP contribution in [0.4, 0.5) is 4.39 Å². The summed E-state index contributed by atoms with van der Waals surface area (Å²) in [7, 11) is 1.57. The monoisotopic (exact) mass is 248 g/mol. The molecule has 2 rings (SSSR count). The summed E-state index contributed by atoms with van der Waals surface area (Å²) in [6, 6.07) is 7.30. The fourth-order valence-electron chi connectivity index (χ4n) is 1.56. The van der Waals surface area contributed by atoms with Crippen LogP contribution in [-0.2, 0) is 11.3 Å². The van der Waals surface area contributed by atoms with E-state index < -0.39 is 0 Å². The highest BCUT2D eigenvalue weighted by atomic mass is 19.1. The van der Waals surface area contributed by atoms with E-state index >= 15 is 0 Å². The molecule has 4 nitrogen and oxygen atoms in total. The molecule has 0 N–H and O–H groups in total. The highest BCUT2D eigenvalue weighted by molar-refractivity contribution is 5.57. The van der Waals surface area contributed by atoms with Gasteiger partial charge >= 0.3 is 0 Å². The number of methoxy groups -OCH3 is 1. The van der Waals surface area contributed by atoms with Crippen molar-refractivity contribution in [2.24, 2.45) is 0 Å². The maximum absolute atomic E-state index is 12.8. The summed E-state index contributed by atoms with van der Waals surface area (Å²) >= 11 is 0. The molecule has 0 saturated heterocycles. The third-order valence-corrected chi connectivity index (χ3v) is 2.56. The number of nitrogens with zero attached hydrogens (tertiary/aromatic N) is 2. The van der Waals surface area contributed by atoms with E-state index in [1.807, 2.05) is 0 Å². The van der Waals surface area contributed by atoms with Crippen molar-refractivity contribution < 1.29 is 9.13 Å². The van der Waals surface area contributed by atoms with E-state index in [2.05, 4.69) is 4.98 Å². The van der Waals surface area contributed by atoms with Crippen molar-refractivity contribution >= 4 is 0 Å². The second-order valence-corrected chi connectivity index (χ2v) is 3.81. The first-order valence-electron chi connectivity index (χ1n) is 5.52. The molecule has 1 aromatic heterocycles. The zero-order valence-corrected chi connectivity index (χ0v) is 9.97. The second-order valence-electron chi connectivity index (χ2n) is 3.81. The van der Waals surface area contributed by atoms with E-state index in [-0.39, 0.29) is 11.4 Å². The summed E-state index contributed by atoms with van der Waals surface area (Å²) in [5.74, 6) is -0.313. The van der Waals surface area contributed by atoms with Gasteiger partial charge in [0.25, 0.3) is 5.56 Å². The maximum atomic E-state index is 12.8. The van der Waals surface area contributed by atoms with Crippen molar-refractivity contribution in [3.63, 3.8) is 0 Å². The van der Waals surface area contributed by atoms with Crippen LogP contribution in [0.1, 0.15) is 0 Å². The number of halogens is 1. The number of aromatic nitrogens is 2. The minimum Gasteiger partial charge on any atom is -0.383 e. The highest BCUT2D eigenvalue weighted by Gasteiger charge is 2.03. The van der Waals surface area contributed by atoms with E-state index in [1.165, 1.54) is 29.1 Å². The lowest BCUT2D eigenvalue weighted by molar-refractivity contribution is 0.186. The standard InChI is InChI=1S/C13H13FN2O2/c1-18-7-6-16-9-15-12(8-13(16)17)10-2-4-11(14)5-3-10/h2-5,8-9H,6-7H2,1H3. The van der Waals surface area contributed by atoms with E-state index in [1.54, 1.807) is 19.2 Å². The molecule has 0 bridgehead atoms. The van der Waals surface area contributed by atoms with Crippen molar-refractivity contribution in [2.45, 2.75) is 6.54 Å². The summed E-state index contributed by atoms with van der Waals surface area (Å²) in [5, 5.41) is 0. The Bertz CT molecular complexity index is 578. The molecule has 0 spiro atoms. The van der Waals surface area contributed by atoms with Gasteiger partial charge in [-0.05, 0) is 24.3 Å². The minimum atomic E-state index is -0.313. The summed E-state index contributed by atoms with van der Waals surface area (Å²) in [5.41, 5.74) is 1.10. The number of benzene rings is 1. The third-order valence-electron chi connectivity index (χ3n) is 2.56. The fraction of sp³-hybridized carbons (Fsp3) is 0.231. The molecule has 0 amide bonds. The first kappa shape index (κ1) is 12.4. The molecule has 0 saturated carbocycles. The van der Waals surface area contributed by atoms with Crippen LogP contribution in [0.3, 0.4) is 0 Å². The SMILES string of the molecule is COCCn1cnc(-c2ccc(F)cc2)cc1=O. The summed E-state index contributed by atoms with van der Waals surface area (Å²) in [6.45, 7) is 0.920. The quantitative estimate of drug-likeness (QED) is 0.827. The Morgan fingerprint density at radius 3 is 2.67 bits per heavy atom. The molecule has 0 atom stereocenters. The van der Waals surface area contributed by atoms with E-state index in [0.29, 0.717) is 24.4 Å². The molecule has 0 unspecified atom stereocenters. The largest absolute Gasteiger partial charge is 0.383 e. The first-order valence-corrected chi connectivity index (χ1v) is 5.52. The molecule has 0 aliphatic rings. The fourth-order valence-corrected chi connectivity index (χ4v) is 1.56. The lowest BCUT2D eigenvalue weighted by atomic mass is 10.1. The zero-order valence-electron chi connectivity index (χ0n) is 9.97. The van der Waals surface area contributed by atoms with Crippen LogP contribution in [0.5, 0.6) is 0 Å². The predicted octanol–water partition coefficient (Wildman–Crippen LogP) is 1.70. The summed E-state index contributed by atoms with van der Waals surface area (Å²) < 4.78 is 19.2. The van der Waals surface area contributed by atoms with Gasteiger partial charge < -0.3 is 4.74 Å². The Labute approximate surface area is 104 Å². The first-order chi connectivity index (χ1) is 8.70. The average Bonchev–Trinajstić information content (AvgIpc) is 2.38. The van der Waals surface area contributed by atoms with Gasteiger partial charge in [-0.1, -0.05) is 0 Å². The van der Waals surface area contributed by atoms with Crippen molar-refractivity contribution in [3.05, 3.63) is 52.8 Å². The van der Waals surface area contributed by atoms with Gasteiger partial charge in [-0.3, -0.25) is 9.36 Å². The van der Waals surface area contributed by atoms with Gasteiger partial charge in [-0.25, -0.2) is 9.37 Å². The van der Waals surface area contributed by atoms with Crippen LogP contribution in [0.25, 0.3) is 11.3 Å². The van der Waals surface area contributed by atoms with Crippen molar-refractivity contribution in [1.82, 2.24) is 9.55 Å². The van der Waals surface area contributed by atoms with Crippen LogP contribution in [0.2, 0.25) is 0 Å². The van der Waals surface area contributed by atoms with Crippen LogP contribution >= 0.6 is 0 Å². The predicted molar refractivity (Wildman–Crippen MR) is 65.8 cm³/mol. The molecule has 0 fully saturated rings. The van der Waals surface area contributed by atoms with Crippen LogP contribution in [0, 0.1) is 5.82 Å². The molecule has 0 aliphatic carbocycles. The molecule has 94 valence electrons. The van der Waals surface area contributed by atoms with Gasteiger partial charge in [0, 0.05) is 18.7 Å². The molecule has 2 aromatic rings. The van der Waals surface area contributed by atoms with Crippen LogP contribution in [0.15, 0.2) is 41.5 Å². The molecule has 0 radical (unpaired) electrons. The van der Waals surface area contributed by atoms with E-state index in [9.17, 15) is 9.18 Å². The van der Waals surface area contributed by atoms with E-state index in [0.717, 1.165) is 0 Å². The number of hydrogen-bond acceptors (Lipinski definition) is 3. The van der Waals surface area contributed by atoms with Gasteiger partial charge in [0.2, 0.25) is 0 Å². The maximum Gasteiger partial charge on any atom is 0.253 e. The third kappa shape index (κ3) is 2.81. The van der Waals surface area contributed by atoms with Gasteiger partial charge in [-0.15, -0.1) is 0 Å². The Morgan fingerprint density at radius 2 is 2.06 bits per heavy atom. The molecule has 5 heteroatoms. The van der Waals surface area contributed by atoms with Crippen LogP contribution < -0.4 is 5.56 Å². The van der Waals surface area contributed by atoms with Crippen molar-refractivity contribution in [2.75, 3.05) is 13.7 Å². The van der Waals surface area contributed by atoms with Gasteiger partial charge in [0.05, 0.1) is 25.2 Å². The Kier molecular flexibility index (Phi) is 3.84. The normalized spacial score (nSPS) is 10.6. The smallest absolute Gasteiger partial charge is 0.253 e. The minimum absolute atomic E-state index is 0.152. The summed E-state index contributed by atoms with van der Waals surface area (Å²) in [4.78, 5) is 16.0. The van der Waals surface area contributed by atoms with Gasteiger partial charge in [0.15, 0.2) is 0 Å². The van der Waals surface area contributed by atoms with E-state index in [4.69, 9.17) is 4.74 Å². The van der Waals surface area contributed by atoms with Crippen LogP contribution in [-0.4, -0.2) is 23.3 Å². The van der Waals surface area contributed by atoms with Crippen molar-refractivity contribution in [3.8, 4) is 11.3 Å². The second kappa shape index (κ2) is 5.55. The average molecular weight is 248 g/mol. The molecule has 0 aliphatic heterocycles. The zero-order chi connectivity index (χ0) is 13.0. The number of ether oxygens (including phenoxy) is 1. The number of hydrogen-bond donors (Lipinski definition) is 0. The molecular formula is C13H13FN2O2. The Morgan fingerprint density at radius 1 is 1.33 bits per heavy atom. The molecule has 1 heterocycles. The molecule has 18 heavy (non-hydrogen) atoms. The van der Waals surface area contributed by atoms with Gasteiger partial charge in [-0.2, -0.15) is 0 Å². The highest BCUT2D eigenvalue weighted by Crippen LogP contribution is 2.14. The van der Waals surface area contributed by atoms with Crippen molar-refractivity contribution in [1.29, 1.82) is 0 Å². The number of rotatable bonds is 4. The molecular weight excluding hydrogens is 235 g/mol. The summed E-state index contributed by atoms with van der Waals surface area (Å²) in [6.07, 6.45) is 1.47. The van der Waals surface area contributed by atoms with Gasteiger partial charge in [0.1, 0.15) is 5.82 Å². The topological polar surface area (TPSA) is 44.1 Å². The lowest BCUT2D eigenvalue weighted by Crippen LogP contribution is -2.21. The lowest BCUT2D eigenvalue weighted by Gasteiger charge is -2.05. The Balaban J connectivity index is 2.28.